The Kier molecular flexibility index (Phi) is 5.11. The highest BCUT2D eigenvalue weighted by molar-refractivity contribution is 7.05. The first-order chi connectivity index (χ1) is 9.63. The number of hydrogen-bond donors (Lipinski definition) is 1. The van der Waals surface area contributed by atoms with E-state index in [4.69, 9.17) is 4.74 Å². The first-order valence-electron chi connectivity index (χ1n) is 6.10. The number of nitrogens with zero attached hydrogens (tertiary/aromatic N) is 2. The van der Waals surface area contributed by atoms with Crippen LogP contribution in [0.2, 0.25) is 0 Å². The smallest absolute Gasteiger partial charge is 0.133 e. The molecular weight excluding hydrogens is 284 g/mol. The van der Waals surface area contributed by atoms with Crippen LogP contribution < -0.4 is 5.32 Å². The van der Waals surface area contributed by atoms with E-state index in [1.54, 1.807) is 7.11 Å². The van der Waals surface area contributed by atoms with Gasteiger partial charge in [-0.1, -0.05) is 4.49 Å². The van der Waals surface area contributed by atoms with E-state index in [9.17, 15) is 8.78 Å². The molecule has 1 aromatic heterocycles. The molecule has 0 fully saturated rings. The zero-order valence-electron chi connectivity index (χ0n) is 11.2. The minimum absolute atomic E-state index is 0.144. The predicted octanol–water partition coefficient (Wildman–Crippen LogP) is 2.53. The van der Waals surface area contributed by atoms with E-state index in [2.05, 4.69) is 14.9 Å². The van der Waals surface area contributed by atoms with Crippen molar-refractivity contribution in [1.82, 2.24) is 14.9 Å². The SMILES string of the molecule is COCCNCc1snnc1-c1cc(F)c(C)cc1F. The molecule has 2 aromatic rings. The average Bonchev–Trinajstić information content (AvgIpc) is 2.87. The fourth-order valence-corrected chi connectivity index (χ4v) is 2.36. The highest BCUT2D eigenvalue weighted by Crippen LogP contribution is 2.28. The van der Waals surface area contributed by atoms with Crippen LogP contribution in [-0.4, -0.2) is 29.8 Å². The summed E-state index contributed by atoms with van der Waals surface area (Å²) in [5.41, 5.74) is 0.802. The third-order valence-corrected chi connectivity index (χ3v) is 3.55. The lowest BCUT2D eigenvalue weighted by Gasteiger charge is -2.06. The van der Waals surface area contributed by atoms with E-state index < -0.39 is 11.6 Å². The fourth-order valence-electron chi connectivity index (χ4n) is 1.73. The van der Waals surface area contributed by atoms with Crippen LogP contribution in [0.4, 0.5) is 8.78 Å². The monoisotopic (exact) mass is 299 g/mol. The Hall–Kier alpha value is -1.44. The van der Waals surface area contributed by atoms with E-state index in [0.717, 1.165) is 4.88 Å². The molecule has 108 valence electrons. The van der Waals surface area contributed by atoms with Gasteiger partial charge in [0.15, 0.2) is 0 Å². The van der Waals surface area contributed by atoms with Crippen LogP contribution in [0.15, 0.2) is 12.1 Å². The van der Waals surface area contributed by atoms with Crippen LogP contribution in [0.3, 0.4) is 0 Å². The van der Waals surface area contributed by atoms with Gasteiger partial charge in [-0.3, -0.25) is 0 Å². The molecule has 0 aliphatic rings. The van der Waals surface area contributed by atoms with Gasteiger partial charge in [-0.15, -0.1) is 5.10 Å². The zero-order chi connectivity index (χ0) is 14.5. The van der Waals surface area contributed by atoms with E-state index in [-0.39, 0.29) is 11.1 Å². The van der Waals surface area contributed by atoms with E-state index in [1.165, 1.54) is 30.6 Å². The highest BCUT2D eigenvalue weighted by atomic mass is 32.1. The minimum Gasteiger partial charge on any atom is -0.383 e. The molecule has 0 unspecified atom stereocenters. The molecule has 0 spiro atoms. The molecule has 0 bridgehead atoms. The molecule has 0 saturated heterocycles. The van der Waals surface area contributed by atoms with Crippen LogP contribution in [0, 0.1) is 18.6 Å². The van der Waals surface area contributed by atoms with Gasteiger partial charge in [0.2, 0.25) is 0 Å². The summed E-state index contributed by atoms with van der Waals surface area (Å²) in [4.78, 5) is 0.767. The van der Waals surface area contributed by atoms with Crippen molar-refractivity contribution in [2.45, 2.75) is 13.5 Å². The predicted molar refractivity (Wildman–Crippen MR) is 73.6 cm³/mol. The van der Waals surface area contributed by atoms with Gasteiger partial charge in [0.25, 0.3) is 0 Å². The lowest BCUT2D eigenvalue weighted by atomic mass is 10.1. The molecule has 4 nitrogen and oxygen atoms in total. The average molecular weight is 299 g/mol. The summed E-state index contributed by atoms with van der Waals surface area (Å²) in [6.45, 7) is 3.26. The largest absolute Gasteiger partial charge is 0.383 e. The first-order valence-corrected chi connectivity index (χ1v) is 6.87. The summed E-state index contributed by atoms with van der Waals surface area (Å²) in [5.74, 6) is -0.942. The summed E-state index contributed by atoms with van der Waals surface area (Å²) in [5, 5.41) is 7.04. The van der Waals surface area contributed by atoms with Crippen molar-refractivity contribution in [2.75, 3.05) is 20.3 Å². The summed E-state index contributed by atoms with van der Waals surface area (Å²) in [6.07, 6.45) is 0. The number of hydrogen-bond acceptors (Lipinski definition) is 5. The van der Waals surface area contributed by atoms with Crippen LogP contribution in [0.25, 0.3) is 11.3 Å². The molecular formula is C13H15F2N3OS. The van der Waals surface area contributed by atoms with Crippen LogP contribution in [-0.2, 0) is 11.3 Å². The van der Waals surface area contributed by atoms with Crippen molar-refractivity contribution < 1.29 is 13.5 Å². The molecule has 0 aliphatic heterocycles. The Morgan fingerprint density at radius 3 is 2.85 bits per heavy atom. The Labute approximate surface area is 119 Å². The van der Waals surface area contributed by atoms with Crippen molar-refractivity contribution >= 4 is 11.5 Å². The summed E-state index contributed by atoms with van der Waals surface area (Å²) >= 11 is 1.17. The maximum absolute atomic E-state index is 13.9. The van der Waals surface area contributed by atoms with Crippen LogP contribution in [0.1, 0.15) is 10.4 Å². The van der Waals surface area contributed by atoms with Crippen molar-refractivity contribution in [3.63, 3.8) is 0 Å². The molecule has 1 N–H and O–H groups in total. The Balaban J connectivity index is 2.21. The second-order valence-electron chi connectivity index (χ2n) is 4.30. The summed E-state index contributed by atoms with van der Waals surface area (Å²) < 4.78 is 36.3. The van der Waals surface area contributed by atoms with E-state index >= 15 is 0 Å². The summed E-state index contributed by atoms with van der Waals surface area (Å²) in [6, 6.07) is 2.34. The molecule has 0 amide bonds. The number of nitrogens with one attached hydrogen (secondary N) is 1. The van der Waals surface area contributed by atoms with Crippen molar-refractivity contribution in [1.29, 1.82) is 0 Å². The normalized spacial score (nSPS) is 11.0. The molecule has 1 aromatic carbocycles. The van der Waals surface area contributed by atoms with Gasteiger partial charge in [-0.25, -0.2) is 8.78 Å². The molecule has 1 heterocycles. The minimum atomic E-state index is -0.491. The van der Waals surface area contributed by atoms with Crippen molar-refractivity contribution in [3.8, 4) is 11.3 Å². The Bertz CT molecular complexity index is 589. The van der Waals surface area contributed by atoms with Gasteiger partial charge in [0.05, 0.1) is 11.5 Å². The maximum Gasteiger partial charge on any atom is 0.133 e. The standard InChI is InChI=1S/C13H15F2N3OS/c1-8-5-11(15)9(6-10(8)14)13-12(20-18-17-13)7-16-3-4-19-2/h5-6,16H,3-4,7H2,1-2H3. The van der Waals surface area contributed by atoms with E-state index in [1.807, 2.05) is 0 Å². The van der Waals surface area contributed by atoms with Gasteiger partial charge >= 0.3 is 0 Å². The lowest BCUT2D eigenvalue weighted by molar-refractivity contribution is 0.199. The highest BCUT2D eigenvalue weighted by Gasteiger charge is 2.16. The zero-order valence-corrected chi connectivity index (χ0v) is 12.1. The summed E-state index contributed by atoms with van der Waals surface area (Å²) in [7, 11) is 1.62. The van der Waals surface area contributed by atoms with Crippen LogP contribution >= 0.6 is 11.5 Å². The van der Waals surface area contributed by atoms with Gasteiger partial charge in [0.1, 0.15) is 17.3 Å². The van der Waals surface area contributed by atoms with Gasteiger partial charge in [0, 0.05) is 25.8 Å². The lowest BCUT2D eigenvalue weighted by Crippen LogP contribution is -2.18. The second-order valence-corrected chi connectivity index (χ2v) is 5.13. The number of methoxy groups -OCH3 is 1. The second kappa shape index (κ2) is 6.83. The van der Waals surface area contributed by atoms with E-state index in [0.29, 0.717) is 25.4 Å². The molecule has 0 saturated carbocycles. The van der Waals surface area contributed by atoms with Gasteiger partial charge in [-0.05, 0) is 36.2 Å². The number of aromatic nitrogens is 2. The number of benzene rings is 1. The molecule has 2 rings (SSSR count). The topological polar surface area (TPSA) is 47.0 Å². The third-order valence-electron chi connectivity index (χ3n) is 2.83. The van der Waals surface area contributed by atoms with Crippen LogP contribution in [0.5, 0.6) is 0 Å². The quantitative estimate of drug-likeness (QED) is 0.833. The molecule has 20 heavy (non-hydrogen) atoms. The number of ether oxygens (including phenoxy) is 1. The molecule has 0 aliphatic carbocycles. The number of rotatable bonds is 6. The van der Waals surface area contributed by atoms with Crippen molar-refractivity contribution in [2.24, 2.45) is 0 Å². The van der Waals surface area contributed by atoms with Gasteiger partial charge in [-0.2, -0.15) is 0 Å². The fraction of sp³-hybridized carbons (Fsp3) is 0.385. The molecule has 0 atom stereocenters. The number of halogens is 2. The van der Waals surface area contributed by atoms with Crippen molar-refractivity contribution in [3.05, 3.63) is 34.2 Å². The molecule has 0 radical (unpaired) electrons. The maximum atomic E-state index is 13.9. The Morgan fingerprint density at radius 1 is 1.30 bits per heavy atom. The Morgan fingerprint density at radius 2 is 2.10 bits per heavy atom. The van der Waals surface area contributed by atoms with Gasteiger partial charge < -0.3 is 10.1 Å². The molecule has 7 heteroatoms. The third kappa shape index (κ3) is 3.36. The number of aryl methyl sites for hydroxylation is 1. The first kappa shape index (κ1) is 15.0.